The Morgan fingerprint density at radius 2 is 2.16 bits per heavy atom. The molecule has 104 valence electrons. The van der Waals surface area contributed by atoms with Crippen molar-refractivity contribution in [1.82, 2.24) is 5.32 Å². The quantitative estimate of drug-likeness (QED) is 0.800. The summed E-state index contributed by atoms with van der Waals surface area (Å²) in [6.45, 7) is 2.27. The topological polar surface area (TPSA) is 49.3 Å². The third-order valence-corrected chi connectivity index (χ3v) is 2.61. The van der Waals surface area contributed by atoms with E-state index in [0.29, 0.717) is 18.5 Å². The molecule has 5 heteroatoms. The molecule has 3 nitrogen and oxygen atoms in total. The highest BCUT2D eigenvalue weighted by Crippen LogP contribution is 2.09. The summed E-state index contributed by atoms with van der Waals surface area (Å²) in [5.74, 6) is -2.67. The highest BCUT2D eigenvalue weighted by Gasteiger charge is 2.13. The molecule has 19 heavy (non-hydrogen) atoms. The van der Waals surface area contributed by atoms with Crippen LogP contribution in [0.5, 0.6) is 0 Å². The predicted molar refractivity (Wildman–Crippen MR) is 69.7 cm³/mol. The average molecular weight is 269 g/mol. The first-order valence-electron chi connectivity index (χ1n) is 6.12. The fourth-order valence-corrected chi connectivity index (χ4v) is 1.62. The fraction of sp³-hybridized carbons (Fsp3) is 0.357. The van der Waals surface area contributed by atoms with Gasteiger partial charge in [-0.3, -0.25) is 4.79 Å². The van der Waals surface area contributed by atoms with Gasteiger partial charge in [0.25, 0.3) is 0 Å². The summed E-state index contributed by atoms with van der Waals surface area (Å²) in [6, 6.07) is 3.02. The van der Waals surface area contributed by atoms with Crippen molar-refractivity contribution in [2.45, 2.75) is 25.8 Å². The van der Waals surface area contributed by atoms with Crippen LogP contribution in [0, 0.1) is 11.6 Å². The number of halogens is 2. The molecule has 1 atom stereocenters. The van der Waals surface area contributed by atoms with Gasteiger partial charge in [-0.05, 0) is 24.1 Å². The first-order valence-corrected chi connectivity index (χ1v) is 6.12. The lowest BCUT2D eigenvalue weighted by Crippen LogP contribution is -2.36. The van der Waals surface area contributed by atoms with E-state index in [1.54, 1.807) is 12.2 Å². The van der Waals surface area contributed by atoms with Crippen molar-refractivity contribution >= 4 is 12.0 Å². The minimum atomic E-state index is -0.899. The molecule has 1 aromatic carbocycles. The van der Waals surface area contributed by atoms with Gasteiger partial charge in [-0.1, -0.05) is 31.6 Å². The molecule has 1 rings (SSSR count). The molecule has 0 saturated carbocycles. The van der Waals surface area contributed by atoms with Crippen LogP contribution in [0.25, 0.3) is 6.08 Å². The highest BCUT2D eigenvalue weighted by molar-refractivity contribution is 5.73. The van der Waals surface area contributed by atoms with Gasteiger partial charge in [-0.25, -0.2) is 8.78 Å². The van der Waals surface area contributed by atoms with E-state index in [0.717, 1.165) is 18.6 Å². The van der Waals surface area contributed by atoms with Crippen molar-refractivity contribution in [3.8, 4) is 0 Å². The van der Waals surface area contributed by atoms with Gasteiger partial charge in [-0.15, -0.1) is 0 Å². The molecule has 0 amide bonds. The summed E-state index contributed by atoms with van der Waals surface area (Å²) in [6.07, 6.45) is 4.61. The lowest BCUT2D eigenvalue weighted by atomic mass is 10.1. The van der Waals surface area contributed by atoms with E-state index in [1.807, 2.05) is 6.92 Å². The first-order chi connectivity index (χ1) is 9.04. The van der Waals surface area contributed by atoms with E-state index < -0.39 is 23.6 Å². The number of hydrogen-bond donors (Lipinski definition) is 2. The maximum absolute atomic E-state index is 12.9. The number of benzene rings is 1. The minimum Gasteiger partial charge on any atom is -0.480 e. The summed E-state index contributed by atoms with van der Waals surface area (Å²) in [5, 5.41) is 11.8. The smallest absolute Gasteiger partial charge is 0.320 e. The van der Waals surface area contributed by atoms with Gasteiger partial charge in [0.15, 0.2) is 11.6 Å². The summed E-state index contributed by atoms with van der Waals surface area (Å²) in [5.41, 5.74) is 0.531. The van der Waals surface area contributed by atoms with E-state index in [2.05, 4.69) is 5.32 Å². The van der Waals surface area contributed by atoms with Gasteiger partial charge in [-0.2, -0.15) is 0 Å². The largest absolute Gasteiger partial charge is 0.480 e. The summed E-state index contributed by atoms with van der Waals surface area (Å²) < 4.78 is 25.6. The van der Waals surface area contributed by atoms with E-state index >= 15 is 0 Å². The molecule has 0 aromatic heterocycles. The Kier molecular flexibility index (Phi) is 6.15. The molecule has 0 bridgehead atoms. The lowest BCUT2D eigenvalue weighted by Gasteiger charge is -2.11. The highest BCUT2D eigenvalue weighted by atomic mass is 19.2. The Hall–Kier alpha value is -1.75. The van der Waals surface area contributed by atoms with Crippen molar-refractivity contribution < 1.29 is 18.7 Å². The van der Waals surface area contributed by atoms with Gasteiger partial charge in [0.1, 0.15) is 6.04 Å². The first kappa shape index (κ1) is 15.3. The van der Waals surface area contributed by atoms with Crippen LogP contribution >= 0.6 is 0 Å². The zero-order chi connectivity index (χ0) is 14.3. The van der Waals surface area contributed by atoms with Crippen LogP contribution in [-0.4, -0.2) is 23.7 Å². The van der Waals surface area contributed by atoms with Crippen molar-refractivity contribution in [2.24, 2.45) is 0 Å². The number of rotatable bonds is 7. The van der Waals surface area contributed by atoms with Gasteiger partial charge < -0.3 is 10.4 Å². The second-order valence-corrected chi connectivity index (χ2v) is 4.16. The number of nitrogens with one attached hydrogen (secondary N) is 1. The summed E-state index contributed by atoms with van der Waals surface area (Å²) in [4.78, 5) is 10.9. The molecule has 0 aliphatic carbocycles. The van der Waals surface area contributed by atoms with E-state index in [9.17, 15) is 13.6 Å². The van der Waals surface area contributed by atoms with Crippen LogP contribution in [0.2, 0.25) is 0 Å². The molecular formula is C14H17F2NO2. The summed E-state index contributed by atoms with van der Waals surface area (Å²) >= 11 is 0. The standard InChI is InChI=1S/C14H17F2NO2/c1-2-4-13(14(18)19)17-8-3-5-10-6-7-11(15)12(16)9-10/h3,5-7,9,13,17H,2,4,8H2,1H3,(H,18,19)/b5-3+. The molecule has 0 heterocycles. The van der Waals surface area contributed by atoms with Gasteiger partial charge in [0.2, 0.25) is 0 Å². The van der Waals surface area contributed by atoms with Crippen LogP contribution < -0.4 is 5.32 Å². The van der Waals surface area contributed by atoms with Crippen LogP contribution in [0.15, 0.2) is 24.3 Å². The zero-order valence-electron chi connectivity index (χ0n) is 10.7. The molecular weight excluding hydrogens is 252 g/mol. The Morgan fingerprint density at radius 1 is 1.42 bits per heavy atom. The number of carboxylic acid groups (broad SMARTS) is 1. The molecule has 0 saturated heterocycles. The van der Waals surface area contributed by atoms with Crippen molar-refractivity contribution in [3.05, 3.63) is 41.5 Å². The van der Waals surface area contributed by atoms with Crippen molar-refractivity contribution in [3.63, 3.8) is 0 Å². The zero-order valence-corrected chi connectivity index (χ0v) is 10.7. The Bertz CT molecular complexity index is 461. The monoisotopic (exact) mass is 269 g/mol. The Morgan fingerprint density at radius 3 is 2.74 bits per heavy atom. The number of aliphatic carboxylic acids is 1. The van der Waals surface area contributed by atoms with E-state index in [4.69, 9.17) is 5.11 Å². The van der Waals surface area contributed by atoms with Gasteiger partial charge >= 0.3 is 5.97 Å². The molecule has 0 spiro atoms. The third-order valence-electron chi connectivity index (χ3n) is 2.61. The van der Waals surface area contributed by atoms with Crippen molar-refractivity contribution in [2.75, 3.05) is 6.54 Å². The molecule has 1 unspecified atom stereocenters. The molecule has 0 aliphatic heterocycles. The molecule has 1 aromatic rings. The fourth-order valence-electron chi connectivity index (χ4n) is 1.62. The Labute approximate surface area is 110 Å². The maximum Gasteiger partial charge on any atom is 0.320 e. The average Bonchev–Trinajstić information content (AvgIpc) is 2.37. The number of carboxylic acids is 1. The minimum absolute atomic E-state index is 0.357. The molecule has 0 aliphatic rings. The normalized spacial score (nSPS) is 12.8. The van der Waals surface area contributed by atoms with Crippen LogP contribution in [0.4, 0.5) is 8.78 Å². The van der Waals surface area contributed by atoms with E-state index in [1.165, 1.54) is 6.07 Å². The number of hydrogen-bond acceptors (Lipinski definition) is 2. The molecule has 0 fully saturated rings. The SMILES string of the molecule is CCCC(NC/C=C/c1ccc(F)c(F)c1)C(=O)O. The van der Waals surface area contributed by atoms with Crippen molar-refractivity contribution in [1.29, 1.82) is 0 Å². The van der Waals surface area contributed by atoms with Crippen LogP contribution in [-0.2, 0) is 4.79 Å². The van der Waals surface area contributed by atoms with Crippen LogP contribution in [0.1, 0.15) is 25.3 Å². The summed E-state index contributed by atoms with van der Waals surface area (Å²) in [7, 11) is 0. The van der Waals surface area contributed by atoms with Gasteiger partial charge in [0.05, 0.1) is 0 Å². The molecule has 0 radical (unpaired) electrons. The van der Waals surface area contributed by atoms with Crippen LogP contribution in [0.3, 0.4) is 0 Å². The maximum atomic E-state index is 12.9. The van der Waals surface area contributed by atoms with Gasteiger partial charge in [0, 0.05) is 6.54 Å². The van der Waals surface area contributed by atoms with E-state index in [-0.39, 0.29) is 0 Å². The lowest BCUT2D eigenvalue weighted by molar-refractivity contribution is -0.139. The predicted octanol–water partition coefficient (Wildman–Crippen LogP) is 2.82. The Balaban J connectivity index is 2.49. The second-order valence-electron chi connectivity index (χ2n) is 4.16. The number of carbonyl (C=O) groups is 1. The second kappa shape index (κ2) is 7.63. The molecule has 2 N–H and O–H groups in total. The third kappa shape index (κ3) is 5.18.